The molecule has 19 heavy (non-hydrogen) atoms. The van der Waals surface area contributed by atoms with Gasteiger partial charge in [0.05, 0.1) is 17.2 Å². The van der Waals surface area contributed by atoms with Crippen LogP contribution in [0.3, 0.4) is 0 Å². The van der Waals surface area contributed by atoms with Gasteiger partial charge >= 0.3 is 12.1 Å². The third kappa shape index (κ3) is 4.97. The lowest BCUT2D eigenvalue weighted by Crippen LogP contribution is -2.12. The van der Waals surface area contributed by atoms with Crippen LogP contribution in [0.4, 0.5) is 4.79 Å². The highest BCUT2D eigenvalue weighted by atomic mass is 17.5. The third-order valence-electron chi connectivity index (χ3n) is 2.29. The van der Waals surface area contributed by atoms with Gasteiger partial charge in [-0.2, -0.15) is 0 Å². The summed E-state index contributed by atoms with van der Waals surface area (Å²) in [5.74, 6) is -0.395. The average Bonchev–Trinajstić information content (AvgIpc) is 2.39. The van der Waals surface area contributed by atoms with Crippen molar-refractivity contribution in [2.24, 2.45) is 0 Å². The van der Waals surface area contributed by atoms with Gasteiger partial charge in [-0.25, -0.2) is 14.5 Å². The molecule has 0 saturated heterocycles. The fourth-order valence-corrected chi connectivity index (χ4v) is 1.27. The minimum Gasteiger partial charge on any atom is -0.433 e. The van der Waals surface area contributed by atoms with Crippen molar-refractivity contribution >= 4 is 12.1 Å². The van der Waals surface area contributed by atoms with E-state index in [-0.39, 0.29) is 12.2 Å². The number of ether oxygens (including phenoxy) is 1. The Morgan fingerprint density at radius 1 is 1.11 bits per heavy atom. The molecule has 1 rings (SSSR count). The lowest BCUT2D eigenvalue weighted by Gasteiger charge is -2.06. The quantitative estimate of drug-likeness (QED) is 0.464. The fraction of sp³-hybridized carbons (Fsp3) is 0.385. The summed E-state index contributed by atoms with van der Waals surface area (Å²) >= 11 is 0. The van der Waals surface area contributed by atoms with Gasteiger partial charge in [0.2, 0.25) is 0 Å². The molecule has 0 N–H and O–H groups in total. The summed E-state index contributed by atoms with van der Waals surface area (Å²) in [5.41, 5.74) is 1.39. The van der Waals surface area contributed by atoms with Crippen LogP contribution in [-0.2, 0) is 19.6 Å². The number of hydrogen-bond acceptors (Lipinski definition) is 6. The zero-order valence-corrected chi connectivity index (χ0v) is 11.0. The van der Waals surface area contributed by atoms with Crippen molar-refractivity contribution in [3.8, 4) is 0 Å². The fourth-order valence-electron chi connectivity index (χ4n) is 1.27. The molecule has 0 atom stereocenters. The second-order valence-corrected chi connectivity index (χ2v) is 3.98. The molecule has 6 nitrogen and oxygen atoms in total. The molecule has 6 heteroatoms. The lowest BCUT2D eigenvalue weighted by molar-refractivity contribution is -0.452. The molecule has 0 radical (unpaired) electrons. The topological polar surface area (TPSA) is 71.1 Å². The maximum absolute atomic E-state index is 11.5. The first kappa shape index (κ1) is 15.0. The van der Waals surface area contributed by atoms with Gasteiger partial charge in [0.25, 0.3) is 0 Å². The molecule has 0 unspecified atom stereocenters. The van der Waals surface area contributed by atoms with Crippen molar-refractivity contribution in [2.75, 3.05) is 6.61 Å². The summed E-state index contributed by atoms with van der Waals surface area (Å²) < 4.78 is 4.39. The van der Waals surface area contributed by atoms with Crippen LogP contribution in [0.25, 0.3) is 0 Å². The number of rotatable bonds is 5. The molecule has 0 bridgehead atoms. The molecule has 0 aliphatic heterocycles. The molecule has 104 valence electrons. The minimum atomic E-state index is -1.08. The Morgan fingerprint density at radius 3 is 2.26 bits per heavy atom. The van der Waals surface area contributed by atoms with Crippen molar-refractivity contribution in [2.45, 2.75) is 26.7 Å². The van der Waals surface area contributed by atoms with Crippen LogP contribution in [0.15, 0.2) is 24.3 Å². The van der Waals surface area contributed by atoms with E-state index in [4.69, 9.17) is 0 Å². The van der Waals surface area contributed by atoms with Crippen molar-refractivity contribution < 1.29 is 29.1 Å². The first-order valence-electron chi connectivity index (χ1n) is 5.86. The Labute approximate surface area is 111 Å². The van der Waals surface area contributed by atoms with Crippen LogP contribution in [0.5, 0.6) is 0 Å². The first-order valence-corrected chi connectivity index (χ1v) is 5.86. The third-order valence-corrected chi connectivity index (χ3v) is 2.29. The number of benzene rings is 1. The number of carbonyl (C=O) groups is 2. The van der Waals surface area contributed by atoms with Gasteiger partial charge in [-0.15, -0.1) is 0 Å². The first-order chi connectivity index (χ1) is 9.04. The van der Waals surface area contributed by atoms with Gasteiger partial charge in [-0.3, -0.25) is 4.89 Å². The van der Waals surface area contributed by atoms with Crippen molar-refractivity contribution in [1.29, 1.82) is 0 Å². The SMILES string of the molecule is CCOC(=O)OOOC(=O)c1ccc(C(C)C)cc1. The van der Waals surface area contributed by atoms with Gasteiger partial charge < -0.3 is 4.74 Å². The van der Waals surface area contributed by atoms with E-state index in [0.29, 0.717) is 5.92 Å². The van der Waals surface area contributed by atoms with E-state index in [0.717, 1.165) is 5.56 Å². The van der Waals surface area contributed by atoms with Crippen LogP contribution in [0.1, 0.15) is 42.6 Å². The Morgan fingerprint density at radius 2 is 1.74 bits per heavy atom. The molecule has 0 saturated carbocycles. The van der Waals surface area contributed by atoms with E-state index in [1.807, 2.05) is 26.0 Å². The van der Waals surface area contributed by atoms with E-state index in [1.54, 1.807) is 19.1 Å². The van der Waals surface area contributed by atoms with E-state index in [1.165, 1.54) is 0 Å². The Hall–Kier alpha value is -2.08. The second-order valence-electron chi connectivity index (χ2n) is 3.98. The Balaban J connectivity index is 2.43. The molecule has 0 heterocycles. The molecule has 0 fully saturated rings. The highest BCUT2D eigenvalue weighted by molar-refractivity contribution is 5.88. The van der Waals surface area contributed by atoms with Gasteiger partial charge in [-0.05, 0) is 30.5 Å². The molecular weight excluding hydrogens is 252 g/mol. The highest BCUT2D eigenvalue weighted by Crippen LogP contribution is 2.15. The summed E-state index contributed by atoms with van der Waals surface area (Å²) in [4.78, 5) is 30.5. The van der Waals surface area contributed by atoms with Gasteiger partial charge in [0.15, 0.2) is 0 Å². The Kier molecular flexibility index (Phi) is 5.81. The normalized spacial score (nSPS) is 10.1. The molecule has 0 aliphatic rings. The second kappa shape index (κ2) is 7.38. The smallest absolute Gasteiger partial charge is 0.433 e. The van der Waals surface area contributed by atoms with Crippen molar-refractivity contribution in [1.82, 2.24) is 0 Å². The van der Waals surface area contributed by atoms with E-state index < -0.39 is 12.1 Å². The zero-order valence-electron chi connectivity index (χ0n) is 11.0. The summed E-state index contributed by atoms with van der Waals surface area (Å²) in [6.07, 6.45) is -1.08. The maximum Gasteiger partial charge on any atom is 0.543 e. The number of hydrogen-bond donors (Lipinski definition) is 0. The Bertz CT molecular complexity index is 423. The molecule has 1 aromatic carbocycles. The highest BCUT2D eigenvalue weighted by Gasteiger charge is 2.12. The monoisotopic (exact) mass is 268 g/mol. The summed E-state index contributed by atoms with van der Waals surface area (Å²) in [6, 6.07) is 6.83. The van der Waals surface area contributed by atoms with Crippen LogP contribution < -0.4 is 0 Å². The molecule has 0 aromatic heterocycles. The van der Waals surface area contributed by atoms with Crippen LogP contribution in [0, 0.1) is 0 Å². The predicted octanol–water partition coefficient (Wildman–Crippen LogP) is 2.99. The standard InChI is InChI=1S/C13H16O6/c1-4-16-13(15)18-19-17-12(14)11-7-5-10(6-8-11)9(2)3/h5-9H,4H2,1-3H3. The molecule has 0 aliphatic carbocycles. The van der Waals surface area contributed by atoms with Crippen LogP contribution in [0.2, 0.25) is 0 Å². The number of carbonyl (C=O) groups excluding carboxylic acids is 2. The molecular formula is C13H16O6. The van der Waals surface area contributed by atoms with E-state index >= 15 is 0 Å². The van der Waals surface area contributed by atoms with Gasteiger partial charge in [0, 0.05) is 0 Å². The van der Waals surface area contributed by atoms with E-state index in [9.17, 15) is 9.59 Å². The summed E-state index contributed by atoms with van der Waals surface area (Å²) in [6.45, 7) is 5.82. The predicted molar refractivity (Wildman–Crippen MR) is 65.1 cm³/mol. The maximum atomic E-state index is 11.5. The average molecular weight is 268 g/mol. The minimum absolute atomic E-state index is 0.132. The van der Waals surface area contributed by atoms with Gasteiger partial charge in [0.1, 0.15) is 0 Å². The van der Waals surface area contributed by atoms with Crippen molar-refractivity contribution in [3.63, 3.8) is 0 Å². The van der Waals surface area contributed by atoms with E-state index in [2.05, 4.69) is 19.6 Å². The zero-order chi connectivity index (χ0) is 14.3. The van der Waals surface area contributed by atoms with Crippen LogP contribution >= 0.6 is 0 Å². The van der Waals surface area contributed by atoms with Crippen molar-refractivity contribution in [3.05, 3.63) is 35.4 Å². The molecule has 0 spiro atoms. The molecule has 1 aromatic rings. The summed E-state index contributed by atoms with van der Waals surface area (Å²) in [7, 11) is 0. The summed E-state index contributed by atoms with van der Waals surface area (Å²) in [5, 5.41) is 4.02. The van der Waals surface area contributed by atoms with Gasteiger partial charge in [-0.1, -0.05) is 26.0 Å². The molecule has 0 amide bonds. The largest absolute Gasteiger partial charge is 0.543 e. The van der Waals surface area contributed by atoms with Crippen LogP contribution in [-0.4, -0.2) is 18.7 Å². The lowest BCUT2D eigenvalue weighted by atomic mass is 10.0.